The lowest BCUT2D eigenvalue weighted by atomic mass is 10.3. The number of tetrazole rings is 1. The molecule has 5 nitrogen and oxygen atoms in total. The number of aromatic nitrogens is 4. The highest BCUT2D eigenvalue weighted by molar-refractivity contribution is 6.32. The van der Waals surface area contributed by atoms with Gasteiger partial charge < -0.3 is 5.32 Å². The van der Waals surface area contributed by atoms with E-state index < -0.39 is 0 Å². The summed E-state index contributed by atoms with van der Waals surface area (Å²) in [5.41, 5.74) is 0.566. The Morgan fingerprint density at radius 3 is 3.00 bits per heavy atom. The summed E-state index contributed by atoms with van der Waals surface area (Å²) in [6.07, 6.45) is 1.03. The molecule has 0 saturated heterocycles. The van der Waals surface area contributed by atoms with E-state index in [0.29, 0.717) is 18.1 Å². The van der Waals surface area contributed by atoms with Crippen molar-refractivity contribution in [2.24, 2.45) is 0 Å². The van der Waals surface area contributed by atoms with Crippen LogP contribution >= 0.6 is 11.6 Å². The second kappa shape index (κ2) is 5.88. The monoisotopic (exact) mass is 269 g/mol. The minimum absolute atomic E-state index is 0.277. The maximum Gasteiger partial charge on any atom is 0.170 e. The summed E-state index contributed by atoms with van der Waals surface area (Å²) in [5, 5.41) is 14.9. The van der Waals surface area contributed by atoms with Gasteiger partial charge in [0.25, 0.3) is 0 Å². The smallest absolute Gasteiger partial charge is 0.170 e. The summed E-state index contributed by atoms with van der Waals surface area (Å²) >= 11 is 5.98. The van der Waals surface area contributed by atoms with Gasteiger partial charge in [-0.05, 0) is 41.6 Å². The number of nitrogens with one attached hydrogen (secondary N) is 1. The van der Waals surface area contributed by atoms with Crippen molar-refractivity contribution in [3.63, 3.8) is 0 Å². The zero-order valence-corrected chi connectivity index (χ0v) is 10.7. The van der Waals surface area contributed by atoms with Gasteiger partial charge in [0, 0.05) is 0 Å². The molecule has 18 heavy (non-hydrogen) atoms. The highest BCUT2D eigenvalue weighted by Crippen LogP contribution is 2.21. The lowest BCUT2D eigenvalue weighted by Gasteiger charge is -2.07. The third-order valence-corrected chi connectivity index (χ3v) is 2.68. The normalized spacial score (nSPS) is 10.8. The van der Waals surface area contributed by atoms with Gasteiger partial charge in [0.05, 0.1) is 17.3 Å². The summed E-state index contributed by atoms with van der Waals surface area (Å²) in [5.74, 6) is 0.249. The van der Waals surface area contributed by atoms with Gasteiger partial charge in [-0.15, -0.1) is 5.10 Å². The molecule has 0 amide bonds. The Balaban J connectivity index is 2.25. The van der Waals surface area contributed by atoms with Crippen LogP contribution < -0.4 is 5.32 Å². The molecule has 0 spiro atoms. The van der Waals surface area contributed by atoms with Crippen LogP contribution in [0.15, 0.2) is 18.2 Å². The minimum Gasteiger partial charge on any atom is -0.310 e. The number of hydrogen-bond acceptors (Lipinski definition) is 4. The van der Waals surface area contributed by atoms with Crippen molar-refractivity contribution in [1.82, 2.24) is 25.5 Å². The van der Waals surface area contributed by atoms with E-state index in [9.17, 15) is 4.39 Å². The van der Waals surface area contributed by atoms with Crippen molar-refractivity contribution < 1.29 is 4.39 Å². The van der Waals surface area contributed by atoms with Crippen molar-refractivity contribution >= 4 is 11.6 Å². The van der Waals surface area contributed by atoms with Crippen molar-refractivity contribution in [1.29, 1.82) is 0 Å². The molecular weight excluding hydrogens is 257 g/mol. The standard InChI is InChI=1S/C11H13ClFN5/c1-2-5-14-7-11-15-16-17-18(11)10-4-3-8(13)6-9(10)12/h3-4,6,14H,2,5,7H2,1H3. The minimum atomic E-state index is -0.387. The van der Waals surface area contributed by atoms with E-state index in [0.717, 1.165) is 13.0 Å². The molecule has 0 saturated carbocycles. The van der Waals surface area contributed by atoms with Crippen molar-refractivity contribution in [3.05, 3.63) is 34.9 Å². The number of rotatable bonds is 5. The fourth-order valence-corrected chi connectivity index (χ4v) is 1.78. The molecular formula is C11H13ClFN5. The Kier molecular flexibility index (Phi) is 4.22. The first-order valence-corrected chi connectivity index (χ1v) is 6.03. The second-order valence-corrected chi connectivity index (χ2v) is 4.19. The van der Waals surface area contributed by atoms with Crippen LogP contribution in [0.5, 0.6) is 0 Å². The van der Waals surface area contributed by atoms with E-state index in [-0.39, 0.29) is 10.8 Å². The number of nitrogens with zero attached hydrogens (tertiary/aromatic N) is 4. The summed E-state index contributed by atoms with van der Waals surface area (Å²) < 4.78 is 14.5. The summed E-state index contributed by atoms with van der Waals surface area (Å²) in [7, 11) is 0. The third kappa shape index (κ3) is 2.83. The van der Waals surface area contributed by atoms with Crippen LogP contribution in [-0.4, -0.2) is 26.8 Å². The summed E-state index contributed by atoms with van der Waals surface area (Å²) in [6, 6.07) is 4.12. The topological polar surface area (TPSA) is 55.6 Å². The van der Waals surface area contributed by atoms with Crippen LogP contribution in [0, 0.1) is 5.82 Å². The maximum atomic E-state index is 13.0. The quantitative estimate of drug-likeness (QED) is 0.843. The summed E-state index contributed by atoms with van der Waals surface area (Å²) in [6.45, 7) is 3.49. The zero-order chi connectivity index (χ0) is 13.0. The van der Waals surface area contributed by atoms with E-state index in [2.05, 4.69) is 27.8 Å². The molecule has 0 fully saturated rings. The lowest BCUT2D eigenvalue weighted by Crippen LogP contribution is -2.17. The van der Waals surface area contributed by atoms with E-state index >= 15 is 0 Å². The molecule has 0 aliphatic carbocycles. The molecule has 96 valence electrons. The summed E-state index contributed by atoms with van der Waals surface area (Å²) in [4.78, 5) is 0. The van der Waals surface area contributed by atoms with Crippen LogP contribution in [-0.2, 0) is 6.54 Å². The zero-order valence-electron chi connectivity index (χ0n) is 9.90. The van der Waals surface area contributed by atoms with Gasteiger partial charge in [-0.2, -0.15) is 4.68 Å². The Bertz CT molecular complexity index is 528. The Morgan fingerprint density at radius 1 is 1.44 bits per heavy atom. The molecule has 1 aromatic heterocycles. The predicted molar refractivity (Wildman–Crippen MR) is 66.1 cm³/mol. The molecule has 1 N–H and O–H groups in total. The van der Waals surface area contributed by atoms with Crippen molar-refractivity contribution in [2.75, 3.05) is 6.54 Å². The average molecular weight is 270 g/mol. The van der Waals surface area contributed by atoms with E-state index in [1.807, 2.05) is 0 Å². The molecule has 0 unspecified atom stereocenters. The Morgan fingerprint density at radius 2 is 2.28 bits per heavy atom. The average Bonchev–Trinajstić information content (AvgIpc) is 2.78. The molecule has 2 rings (SSSR count). The van der Waals surface area contributed by atoms with E-state index in [1.165, 1.54) is 16.8 Å². The fourth-order valence-electron chi connectivity index (χ4n) is 1.53. The SMILES string of the molecule is CCCNCc1nnnn1-c1ccc(F)cc1Cl. The second-order valence-electron chi connectivity index (χ2n) is 3.78. The first-order valence-electron chi connectivity index (χ1n) is 5.65. The molecule has 0 aliphatic heterocycles. The van der Waals surface area contributed by atoms with Crippen molar-refractivity contribution in [3.8, 4) is 5.69 Å². The molecule has 0 atom stereocenters. The van der Waals surface area contributed by atoms with E-state index in [4.69, 9.17) is 11.6 Å². The van der Waals surface area contributed by atoms with Crippen LogP contribution in [0.4, 0.5) is 4.39 Å². The fraction of sp³-hybridized carbons (Fsp3) is 0.364. The van der Waals surface area contributed by atoms with Crippen LogP contribution in [0.2, 0.25) is 5.02 Å². The maximum absolute atomic E-state index is 13.0. The first kappa shape index (κ1) is 12.9. The van der Waals surface area contributed by atoms with Crippen LogP contribution in [0.3, 0.4) is 0 Å². The Labute approximate surface area is 109 Å². The lowest BCUT2D eigenvalue weighted by molar-refractivity contribution is 0.622. The number of halogens is 2. The third-order valence-electron chi connectivity index (χ3n) is 2.38. The Hall–Kier alpha value is -1.53. The van der Waals surface area contributed by atoms with Crippen LogP contribution in [0.1, 0.15) is 19.2 Å². The molecule has 0 bridgehead atoms. The van der Waals surface area contributed by atoms with Gasteiger partial charge >= 0.3 is 0 Å². The van der Waals surface area contributed by atoms with Crippen molar-refractivity contribution in [2.45, 2.75) is 19.9 Å². The van der Waals surface area contributed by atoms with Gasteiger partial charge in [-0.25, -0.2) is 4.39 Å². The largest absolute Gasteiger partial charge is 0.310 e. The van der Waals surface area contributed by atoms with Crippen LogP contribution in [0.25, 0.3) is 5.69 Å². The molecule has 2 aromatic rings. The van der Waals surface area contributed by atoms with E-state index in [1.54, 1.807) is 6.07 Å². The molecule has 0 aliphatic rings. The number of benzene rings is 1. The molecule has 1 aromatic carbocycles. The first-order chi connectivity index (χ1) is 8.72. The van der Waals surface area contributed by atoms with Gasteiger partial charge in [-0.1, -0.05) is 18.5 Å². The predicted octanol–water partition coefficient (Wildman–Crippen LogP) is 1.95. The highest BCUT2D eigenvalue weighted by atomic mass is 35.5. The molecule has 7 heteroatoms. The molecule has 0 radical (unpaired) electrons. The molecule has 1 heterocycles. The van der Waals surface area contributed by atoms with Gasteiger partial charge in [0.2, 0.25) is 0 Å². The van der Waals surface area contributed by atoms with Gasteiger partial charge in [0.1, 0.15) is 5.82 Å². The van der Waals surface area contributed by atoms with Gasteiger partial charge in [-0.3, -0.25) is 0 Å². The highest BCUT2D eigenvalue weighted by Gasteiger charge is 2.11. The van der Waals surface area contributed by atoms with Gasteiger partial charge in [0.15, 0.2) is 5.82 Å². The number of hydrogen-bond donors (Lipinski definition) is 1.